The van der Waals surface area contributed by atoms with E-state index in [9.17, 15) is 13.5 Å². The van der Waals surface area contributed by atoms with Crippen LogP contribution in [0, 0.1) is 6.92 Å². The molecule has 39 heavy (non-hydrogen) atoms. The molecule has 0 bridgehead atoms. The average molecular weight is 574 g/mol. The number of aliphatic hydroxyl groups is 1. The zero-order valence-corrected chi connectivity index (χ0v) is 24.4. The third-order valence-corrected chi connectivity index (χ3v) is 9.11. The Labute approximate surface area is 235 Å². The topological polar surface area (TPSA) is 125 Å². The first-order chi connectivity index (χ1) is 18.4. The fourth-order valence-corrected chi connectivity index (χ4v) is 5.90. The van der Waals surface area contributed by atoms with Crippen molar-refractivity contribution in [3.05, 3.63) is 58.7 Å². The number of hydrogen-bond donors (Lipinski definition) is 4. The van der Waals surface area contributed by atoms with Crippen molar-refractivity contribution in [2.45, 2.75) is 69.3 Å². The second kappa shape index (κ2) is 11.7. The summed E-state index contributed by atoms with van der Waals surface area (Å²) in [4.78, 5) is 6.81. The number of halogens is 1. The molecule has 1 fully saturated rings. The smallest absolute Gasteiger partial charge is 0.229 e. The molecule has 1 aliphatic heterocycles. The molecule has 0 radical (unpaired) electrons. The molecule has 0 spiro atoms. The lowest BCUT2D eigenvalue weighted by atomic mass is 9.87. The maximum Gasteiger partial charge on any atom is 0.229 e. The number of aryl methyl sites for hydroxylation is 1. The number of rotatable bonds is 9. The van der Waals surface area contributed by atoms with E-state index in [4.69, 9.17) is 16.3 Å². The third kappa shape index (κ3) is 6.63. The van der Waals surface area contributed by atoms with Gasteiger partial charge in [-0.2, -0.15) is 4.98 Å². The highest BCUT2D eigenvalue weighted by molar-refractivity contribution is 7.92. The van der Waals surface area contributed by atoms with Gasteiger partial charge in [-0.15, -0.1) is 0 Å². The Balaban J connectivity index is 1.67. The Bertz CT molecular complexity index is 1430. The molecule has 0 saturated carbocycles. The summed E-state index contributed by atoms with van der Waals surface area (Å²) in [6.45, 7) is 10.5. The minimum absolute atomic E-state index is 0.0354. The van der Waals surface area contributed by atoms with Gasteiger partial charge in [0, 0.05) is 0 Å². The van der Waals surface area contributed by atoms with Gasteiger partial charge in [0.15, 0.2) is 10.8 Å². The lowest BCUT2D eigenvalue weighted by Crippen LogP contribution is -2.31. The van der Waals surface area contributed by atoms with Crippen LogP contribution in [0.25, 0.3) is 0 Å². The van der Waals surface area contributed by atoms with Gasteiger partial charge < -0.3 is 25.8 Å². The number of ether oxygens (including phenoxy) is 1. The normalized spacial score (nSPS) is 14.9. The van der Waals surface area contributed by atoms with Crippen molar-refractivity contribution < 1.29 is 18.3 Å². The van der Waals surface area contributed by atoms with Crippen molar-refractivity contribution in [1.29, 1.82) is 0 Å². The predicted molar refractivity (Wildman–Crippen MR) is 155 cm³/mol. The van der Waals surface area contributed by atoms with Gasteiger partial charge in [0.1, 0.15) is 10.8 Å². The highest BCUT2D eigenvalue weighted by atomic mass is 35.5. The number of anilines is 4. The fraction of sp³-hybridized carbons (Fsp3) is 0.429. The first-order valence-corrected chi connectivity index (χ1v) is 14.9. The van der Waals surface area contributed by atoms with E-state index in [2.05, 4.69) is 38.9 Å². The van der Waals surface area contributed by atoms with Crippen molar-refractivity contribution >= 4 is 44.6 Å². The quantitative estimate of drug-likeness (QED) is 0.256. The predicted octanol–water partition coefficient (Wildman–Crippen LogP) is 5.68. The van der Waals surface area contributed by atoms with Crippen LogP contribution in [0.5, 0.6) is 5.75 Å². The molecular weight excluding hydrogens is 538 g/mol. The molecule has 210 valence electrons. The molecule has 1 aliphatic rings. The third-order valence-electron chi connectivity index (χ3n) is 6.59. The highest BCUT2D eigenvalue weighted by Crippen LogP contribution is 2.38. The summed E-state index contributed by atoms with van der Waals surface area (Å²) in [5.74, 6) is 1.64. The van der Waals surface area contributed by atoms with E-state index in [0.29, 0.717) is 11.7 Å². The Hall–Kier alpha value is -2.92. The molecule has 3 aromatic rings. The number of aromatic nitrogens is 2. The summed E-state index contributed by atoms with van der Waals surface area (Å²) < 4.78 is 32.1. The maximum absolute atomic E-state index is 13.0. The summed E-state index contributed by atoms with van der Waals surface area (Å²) in [5.41, 5.74) is 3.38. The number of sulfone groups is 1. The fourth-order valence-electron chi connectivity index (χ4n) is 4.56. The lowest BCUT2D eigenvalue weighted by Gasteiger charge is -2.26. The number of nitrogens with one attached hydrogen (secondary N) is 3. The van der Waals surface area contributed by atoms with Crippen LogP contribution >= 0.6 is 11.6 Å². The minimum Gasteiger partial charge on any atom is -0.489 e. The van der Waals surface area contributed by atoms with Gasteiger partial charge >= 0.3 is 0 Å². The zero-order valence-electron chi connectivity index (χ0n) is 22.9. The van der Waals surface area contributed by atoms with Gasteiger partial charge in [0.05, 0.1) is 28.6 Å². The molecule has 4 rings (SSSR count). The molecule has 1 saturated heterocycles. The number of hydrogen-bond acceptors (Lipinski definition) is 9. The van der Waals surface area contributed by atoms with Crippen LogP contribution in [-0.2, 0) is 9.84 Å². The minimum atomic E-state index is -4.06. The molecule has 4 N–H and O–H groups in total. The average Bonchev–Trinajstić information content (AvgIpc) is 2.87. The van der Waals surface area contributed by atoms with Crippen molar-refractivity contribution in [3.63, 3.8) is 0 Å². The largest absolute Gasteiger partial charge is 0.489 e. The van der Waals surface area contributed by atoms with Crippen molar-refractivity contribution in [3.8, 4) is 5.75 Å². The molecule has 0 unspecified atom stereocenters. The molecule has 2 heterocycles. The molecule has 11 heteroatoms. The van der Waals surface area contributed by atoms with Crippen LogP contribution in [0.2, 0.25) is 5.02 Å². The van der Waals surface area contributed by atoms with E-state index in [1.54, 1.807) is 18.2 Å². The number of benzene rings is 2. The van der Waals surface area contributed by atoms with E-state index in [-0.39, 0.29) is 33.5 Å². The van der Waals surface area contributed by atoms with Crippen LogP contribution in [0.4, 0.5) is 23.1 Å². The number of para-hydroxylation sites is 1. The monoisotopic (exact) mass is 573 g/mol. The standard InChI is InChI=1S/C28H36ClN5O4S/c1-17(2)38-24-15-20(19-10-12-30-13-11-19)18(3)14-23(24)33-27-31-16-21(29)26(34-27)32-22-8-6-7-9-25(22)39(36,37)28(4,5)35/h6-9,14-17,19,30,35H,10-13H2,1-5H3,(H2,31,32,33,34). The van der Waals surface area contributed by atoms with E-state index in [1.807, 2.05) is 19.9 Å². The lowest BCUT2D eigenvalue weighted by molar-refractivity contribution is 0.165. The van der Waals surface area contributed by atoms with Gasteiger partial charge in [-0.25, -0.2) is 13.4 Å². The van der Waals surface area contributed by atoms with E-state index in [1.165, 1.54) is 31.7 Å². The number of nitrogens with zero attached hydrogens (tertiary/aromatic N) is 2. The van der Waals surface area contributed by atoms with E-state index < -0.39 is 14.8 Å². The number of piperidine rings is 1. The van der Waals surface area contributed by atoms with Crippen molar-refractivity contribution in [2.24, 2.45) is 0 Å². The molecule has 1 aromatic heterocycles. The summed E-state index contributed by atoms with van der Waals surface area (Å²) in [6, 6.07) is 10.4. The molecule has 2 aromatic carbocycles. The van der Waals surface area contributed by atoms with Crippen molar-refractivity contribution in [2.75, 3.05) is 23.7 Å². The van der Waals surface area contributed by atoms with Gasteiger partial charge in [0.25, 0.3) is 0 Å². The SMILES string of the molecule is Cc1cc(Nc2ncc(Cl)c(Nc3ccccc3S(=O)(=O)C(C)(C)O)n2)c(OC(C)C)cc1C1CCNCC1. The van der Waals surface area contributed by atoms with Gasteiger partial charge in [-0.1, -0.05) is 23.7 Å². The summed E-state index contributed by atoms with van der Waals surface area (Å²) in [7, 11) is -4.06. The second-order valence-corrected chi connectivity index (χ2v) is 13.3. The zero-order chi connectivity index (χ0) is 28.4. The van der Waals surface area contributed by atoms with Crippen LogP contribution in [0.1, 0.15) is 57.6 Å². The first kappa shape index (κ1) is 29.1. The van der Waals surface area contributed by atoms with Crippen LogP contribution < -0.4 is 20.7 Å². The summed E-state index contributed by atoms with van der Waals surface area (Å²) in [5, 5.41) is 20.2. The van der Waals surface area contributed by atoms with E-state index >= 15 is 0 Å². The summed E-state index contributed by atoms with van der Waals surface area (Å²) in [6.07, 6.45) is 3.56. The van der Waals surface area contributed by atoms with Gasteiger partial charge in [-0.3, -0.25) is 0 Å². The Morgan fingerprint density at radius 2 is 1.82 bits per heavy atom. The molecular formula is C28H36ClN5O4S. The van der Waals surface area contributed by atoms with Crippen LogP contribution in [0.15, 0.2) is 47.5 Å². The Morgan fingerprint density at radius 1 is 1.13 bits per heavy atom. The van der Waals surface area contributed by atoms with Crippen molar-refractivity contribution in [1.82, 2.24) is 15.3 Å². The maximum atomic E-state index is 13.0. The molecule has 0 aliphatic carbocycles. The second-order valence-electron chi connectivity index (χ2n) is 10.5. The van der Waals surface area contributed by atoms with Crippen LogP contribution in [0.3, 0.4) is 0 Å². The van der Waals surface area contributed by atoms with Gasteiger partial charge in [0.2, 0.25) is 15.8 Å². The van der Waals surface area contributed by atoms with E-state index in [0.717, 1.165) is 37.2 Å². The van der Waals surface area contributed by atoms with Crippen LogP contribution in [-0.4, -0.2) is 47.6 Å². The first-order valence-electron chi connectivity index (χ1n) is 13.0. The summed E-state index contributed by atoms with van der Waals surface area (Å²) >= 11 is 6.39. The van der Waals surface area contributed by atoms with Gasteiger partial charge in [-0.05, 0) is 102 Å². The highest BCUT2D eigenvalue weighted by Gasteiger charge is 2.35. The molecule has 0 amide bonds. The molecule has 9 nitrogen and oxygen atoms in total. The Kier molecular flexibility index (Phi) is 8.70. The Morgan fingerprint density at radius 3 is 2.49 bits per heavy atom. The molecule has 0 atom stereocenters.